The number of amides is 1. The Balaban J connectivity index is 1.86. The highest BCUT2D eigenvalue weighted by atomic mass is 16.1. The van der Waals surface area contributed by atoms with Gasteiger partial charge in [0, 0.05) is 18.2 Å². The Bertz CT molecular complexity index is 399. The minimum atomic E-state index is 0.0398. The van der Waals surface area contributed by atoms with Crippen LogP contribution in [0.4, 0.5) is 0 Å². The lowest BCUT2D eigenvalue weighted by molar-refractivity contribution is 0.0941. The molecule has 98 valence electrons. The van der Waals surface area contributed by atoms with Gasteiger partial charge in [-0.3, -0.25) is 9.69 Å². The van der Waals surface area contributed by atoms with Crippen LogP contribution >= 0.6 is 0 Å². The molecule has 1 aliphatic heterocycles. The predicted molar refractivity (Wildman–Crippen MR) is 73.8 cm³/mol. The van der Waals surface area contributed by atoms with Crippen LogP contribution in [0, 0.1) is 6.92 Å². The van der Waals surface area contributed by atoms with Crippen LogP contribution in [0.15, 0.2) is 24.3 Å². The first-order chi connectivity index (χ1) is 8.70. The molecule has 0 aliphatic carbocycles. The number of rotatable bonds is 4. The van der Waals surface area contributed by atoms with E-state index in [0.717, 1.165) is 18.7 Å². The fourth-order valence-electron chi connectivity index (χ4n) is 2.56. The van der Waals surface area contributed by atoms with Gasteiger partial charge in [0.25, 0.3) is 5.91 Å². The molecule has 1 saturated heterocycles. The van der Waals surface area contributed by atoms with Crippen molar-refractivity contribution in [1.82, 2.24) is 10.2 Å². The third-order valence-corrected chi connectivity index (χ3v) is 3.72. The molecule has 1 atom stereocenters. The van der Waals surface area contributed by atoms with Crippen LogP contribution in [0.3, 0.4) is 0 Å². The summed E-state index contributed by atoms with van der Waals surface area (Å²) in [4.78, 5) is 14.4. The normalized spacial score (nSPS) is 20.0. The standard InChI is InChI=1S/C15H22N2O/c1-3-17-10-4-5-14(17)11-16-15(18)13-8-6-12(2)7-9-13/h6-9,14H,3-5,10-11H2,1-2H3,(H,16,18)/t14-/m1/s1. The van der Waals surface area contributed by atoms with Gasteiger partial charge >= 0.3 is 0 Å². The summed E-state index contributed by atoms with van der Waals surface area (Å²) in [7, 11) is 0. The molecule has 1 amide bonds. The summed E-state index contributed by atoms with van der Waals surface area (Å²) in [6.45, 7) is 7.21. The second kappa shape index (κ2) is 6.01. The summed E-state index contributed by atoms with van der Waals surface area (Å²) in [6, 6.07) is 8.24. The molecule has 0 spiro atoms. The van der Waals surface area contributed by atoms with E-state index in [-0.39, 0.29) is 5.91 Å². The summed E-state index contributed by atoms with van der Waals surface area (Å²) >= 11 is 0. The van der Waals surface area contributed by atoms with Crippen molar-refractivity contribution in [2.24, 2.45) is 0 Å². The molecule has 3 heteroatoms. The Kier molecular flexibility index (Phi) is 4.37. The maximum Gasteiger partial charge on any atom is 0.251 e. The largest absolute Gasteiger partial charge is 0.350 e. The number of hydrogen-bond donors (Lipinski definition) is 1. The topological polar surface area (TPSA) is 32.3 Å². The SMILES string of the molecule is CCN1CCC[C@@H]1CNC(=O)c1ccc(C)cc1. The number of carbonyl (C=O) groups is 1. The highest BCUT2D eigenvalue weighted by Gasteiger charge is 2.23. The molecule has 1 aromatic rings. The Morgan fingerprint density at radius 1 is 1.39 bits per heavy atom. The molecule has 1 aliphatic rings. The number of carbonyl (C=O) groups excluding carboxylic acids is 1. The van der Waals surface area contributed by atoms with Gasteiger partial charge in [-0.15, -0.1) is 0 Å². The van der Waals surface area contributed by atoms with Crippen molar-refractivity contribution in [2.45, 2.75) is 32.7 Å². The summed E-state index contributed by atoms with van der Waals surface area (Å²) in [5, 5.41) is 3.04. The van der Waals surface area contributed by atoms with Crippen LogP contribution in [0.2, 0.25) is 0 Å². The monoisotopic (exact) mass is 246 g/mol. The molecular formula is C15H22N2O. The molecule has 1 aromatic carbocycles. The smallest absolute Gasteiger partial charge is 0.251 e. The van der Waals surface area contributed by atoms with Crippen LogP contribution in [0.1, 0.15) is 35.7 Å². The van der Waals surface area contributed by atoms with Gasteiger partial charge in [0.2, 0.25) is 0 Å². The molecule has 0 unspecified atom stereocenters. The molecule has 1 heterocycles. The van der Waals surface area contributed by atoms with Crippen molar-refractivity contribution in [2.75, 3.05) is 19.6 Å². The zero-order valence-electron chi connectivity index (χ0n) is 11.3. The van der Waals surface area contributed by atoms with Crippen molar-refractivity contribution in [3.63, 3.8) is 0 Å². The Labute approximate surface area is 109 Å². The number of nitrogens with zero attached hydrogens (tertiary/aromatic N) is 1. The van der Waals surface area contributed by atoms with Crippen molar-refractivity contribution in [3.8, 4) is 0 Å². The first kappa shape index (κ1) is 13.1. The third kappa shape index (κ3) is 3.10. The quantitative estimate of drug-likeness (QED) is 0.883. The molecule has 1 N–H and O–H groups in total. The zero-order valence-corrected chi connectivity index (χ0v) is 11.3. The molecular weight excluding hydrogens is 224 g/mol. The highest BCUT2D eigenvalue weighted by Crippen LogP contribution is 2.15. The molecule has 0 saturated carbocycles. The second-order valence-electron chi connectivity index (χ2n) is 5.00. The fraction of sp³-hybridized carbons (Fsp3) is 0.533. The maximum atomic E-state index is 12.0. The summed E-state index contributed by atoms with van der Waals surface area (Å²) in [5.74, 6) is 0.0398. The molecule has 3 nitrogen and oxygen atoms in total. The van der Waals surface area contributed by atoms with Crippen LogP contribution < -0.4 is 5.32 Å². The van der Waals surface area contributed by atoms with Gasteiger partial charge < -0.3 is 5.32 Å². The average molecular weight is 246 g/mol. The third-order valence-electron chi connectivity index (χ3n) is 3.72. The van der Waals surface area contributed by atoms with Crippen LogP contribution in [0.5, 0.6) is 0 Å². The van der Waals surface area contributed by atoms with E-state index in [9.17, 15) is 4.79 Å². The van der Waals surface area contributed by atoms with Gasteiger partial charge in [-0.2, -0.15) is 0 Å². The van der Waals surface area contributed by atoms with E-state index in [4.69, 9.17) is 0 Å². The first-order valence-electron chi connectivity index (χ1n) is 6.79. The lowest BCUT2D eigenvalue weighted by atomic mass is 10.1. The van der Waals surface area contributed by atoms with E-state index >= 15 is 0 Å². The van der Waals surface area contributed by atoms with Gasteiger partial charge in [0.1, 0.15) is 0 Å². The van der Waals surface area contributed by atoms with Gasteiger partial charge in [0.15, 0.2) is 0 Å². The van der Waals surface area contributed by atoms with Crippen molar-refractivity contribution >= 4 is 5.91 Å². The summed E-state index contributed by atoms with van der Waals surface area (Å²) < 4.78 is 0. The molecule has 0 bridgehead atoms. The van der Waals surface area contributed by atoms with Crippen LogP contribution in [-0.2, 0) is 0 Å². The molecule has 0 radical (unpaired) electrons. The van der Waals surface area contributed by atoms with E-state index in [1.807, 2.05) is 31.2 Å². The van der Waals surface area contributed by atoms with Crippen molar-refractivity contribution < 1.29 is 4.79 Å². The second-order valence-corrected chi connectivity index (χ2v) is 5.00. The van der Waals surface area contributed by atoms with Gasteiger partial charge in [-0.1, -0.05) is 24.6 Å². The van der Waals surface area contributed by atoms with E-state index in [1.165, 1.54) is 24.9 Å². The number of benzene rings is 1. The summed E-state index contributed by atoms with van der Waals surface area (Å²) in [5.41, 5.74) is 1.93. The predicted octanol–water partition coefficient (Wildman–Crippen LogP) is 2.21. The minimum Gasteiger partial charge on any atom is -0.350 e. The average Bonchev–Trinajstić information content (AvgIpc) is 2.84. The Morgan fingerprint density at radius 3 is 2.78 bits per heavy atom. The number of likely N-dealkylation sites (N-methyl/N-ethyl adjacent to an activating group) is 1. The lowest BCUT2D eigenvalue weighted by Gasteiger charge is -2.22. The number of nitrogens with one attached hydrogen (secondary N) is 1. The molecule has 18 heavy (non-hydrogen) atoms. The van der Waals surface area contributed by atoms with E-state index in [1.54, 1.807) is 0 Å². The number of hydrogen-bond acceptors (Lipinski definition) is 2. The Morgan fingerprint density at radius 2 is 2.11 bits per heavy atom. The highest BCUT2D eigenvalue weighted by molar-refractivity contribution is 5.94. The molecule has 1 fully saturated rings. The maximum absolute atomic E-state index is 12.0. The minimum absolute atomic E-state index is 0.0398. The van der Waals surface area contributed by atoms with Crippen LogP contribution in [0.25, 0.3) is 0 Å². The van der Waals surface area contributed by atoms with Gasteiger partial charge in [-0.25, -0.2) is 0 Å². The molecule has 2 rings (SSSR count). The van der Waals surface area contributed by atoms with Crippen molar-refractivity contribution in [1.29, 1.82) is 0 Å². The molecule has 0 aromatic heterocycles. The Hall–Kier alpha value is -1.35. The van der Waals surface area contributed by atoms with Crippen LogP contribution in [-0.4, -0.2) is 36.5 Å². The van der Waals surface area contributed by atoms with E-state index in [2.05, 4.69) is 17.1 Å². The van der Waals surface area contributed by atoms with E-state index < -0.39 is 0 Å². The first-order valence-corrected chi connectivity index (χ1v) is 6.79. The summed E-state index contributed by atoms with van der Waals surface area (Å²) in [6.07, 6.45) is 2.45. The zero-order chi connectivity index (χ0) is 13.0. The lowest BCUT2D eigenvalue weighted by Crippen LogP contribution is -2.40. The number of aryl methyl sites for hydroxylation is 1. The van der Waals surface area contributed by atoms with E-state index in [0.29, 0.717) is 6.04 Å². The van der Waals surface area contributed by atoms with Gasteiger partial charge in [-0.05, 0) is 45.0 Å². The fourth-order valence-corrected chi connectivity index (χ4v) is 2.56. The van der Waals surface area contributed by atoms with Crippen molar-refractivity contribution in [3.05, 3.63) is 35.4 Å². The van der Waals surface area contributed by atoms with Gasteiger partial charge in [0.05, 0.1) is 0 Å². The number of likely N-dealkylation sites (tertiary alicyclic amines) is 1.